The number of H-pyrrole nitrogens is 1. The Hall–Kier alpha value is -2.14. The Balaban J connectivity index is 2.09. The summed E-state index contributed by atoms with van der Waals surface area (Å²) in [6.45, 7) is 0.922. The van der Waals surface area contributed by atoms with Crippen molar-refractivity contribution in [2.75, 3.05) is 14.1 Å². The van der Waals surface area contributed by atoms with Gasteiger partial charge in [0, 0.05) is 29.3 Å². The number of aromatic nitrogens is 4. The molecular weight excluding hydrogens is 226 g/mol. The van der Waals surface area contributed by atoms with E-state index in [1.165, 1.54) is 10.9 Å². The van der Waals surface area contributed by atoms with Crippen LogP contribution in [0.25, 0.3) is 16.6 Å². The predicted molar refractivity (Wildman–Crippen MR) is 70.6 cm³/mol. The molecule has 0 atom stereocenters. The number of nitrogens with one attached hydrogen (secondary N) is 1. The van der Waals surface area contributed by atoms with Crippen molar-refractivity contribution >= 4 is 10.9 Å². The van der Waals surface area contributed by atoms with E-state index in [4.69, 9.17) is 0 Å². The minimum absolute atomic E-state index is 0.922. The molecule has 0 spiro atoms. The lowest BCUT2D eigenvalue weighted by Gasteiger charge is -2.08. The second-order valence-electron chi connectivity index (χ2n) is 4.65. The summed E-state index contributed by atoms with van der Waals surface area (Å²) in [4.78, 5) is 5.46. The molecule has 3 aromatic rings. The summed E-state index contributed by atoms with van der Waals surface area (Å²) in [5.41, 5.74) is 3.53. The number of hydrogen-bond acceptors (Lipinski definition) is 3. The van der Waals surface area contributed by atoms with Crippen LogP contribution >= 0.6 is 0 Å². The molecule has 0 aliphatic rings. The molecule has 5 heteroatoms. The van der Waals surface area contributed by atoms with Crippen molar-refractivity contribution in [1.82, 2.24) is 24.6 Å². The maximum Gasteiger partial charge on any atom is 0.123 e. The fourth-order valence-electron chi connectivity index (χ4n) is 2.13. The van der Waals surface area contributed by atoms with Crippen molar-refractivity contribution in [2.45, 2.75) is 6.54 Å². The van der Waals surface area contributed by atoms with E-state index in [9.17, 15) is 0 Å². The molecule has 3 rings (SSSR count). The summed E-state index contributed by atoms with van der Waals surface area (Å²) in [5, 5.41) is 8.91. The number of hydrogen-bond donors (Lipinski definition) is 1. The molecule has 0 aliphatic carbocycles. The third-order valence-electron chi connectivity index (χ3n) is 2.95. The zero-order valence-electron chi connectivity index (χ0n) is 10.5. The molecule has 0 aliphatic heterocycles. The second-order valence-corrected chi connectivity index (χ2v) is 4.65. The van der Waals surface area contributed by atoms with Crippen LogP contribution in [0.4, 0.5) is 0 Å². The van der Waals surface area contributed by atoms with E-state index in [-0.39, 0.29) is 0 Å². The van der Waals surface area contributed by atoms with E-state index < -0.39 is 0 Å². The number of rotatable bonds is 3. The first kappa shape index (κ1) is 11.0. The van der Waals surface area contributed by atoms with Crippen molar-refractivity contribution in [3.8, 4) is 5.69 Å². The highest BCUT2D eigenvalue weighted by atomic mass is 15.2. The minimum Gasteiger partial charge on any atom is -0.361 e. The zero-order chi connectivity index (χ0) is 12.5. The van der Waals surface area contributed by atoms with Crippen molar-refractivity contribution in [1.29, 1.82) is 0 Å². The minimum atomic E-state index is 0.922. The van der Waals surface area contributed by atoms with Crippen LogP contribution < -0.4 is 0 Å². The van der Waals surface area contributed by atoms with Gasteiger partial charge in [-0.25, -0.2) is 0 Å². The zero-order valence-corrected chi connectivity index (χ0v) is 10.5. The van der Waals surface area contributed by atoms with E-state index in [1.807, 2.05) is 4.57 Å². The van der Waals surface area contributed by atoms with Gasteiger partial charge in [-0.05, 0) is 37.9 Å². The van der Waals surface area contributed by atoms with Gasteiger partial charge in [0.15, 0.2) is 0 Å². The third-order valence-corrected chi connectivity index (χ3v) is 2.95. The van der Waals surface area contributed by atoms with Gasteiger partial charge in [0.2, 0.25) is 0 Å². The number of fused-ring (bicyclic) bond motifs is 1. The molecule has 0 fully saturated rings. The summed E-state index contributed by atoms with van der Waals surface area (Å²) in [7, 11) is 4.14. The molecule has 0 amide bonds. The molecule has 5 nitrogen and oxygen atoms in total. The van der Waals surface area contributed by atoms with Gasteiger partial charge >= 0.3 is 0 Å². The van der Waals surface area contributed by atoms with Crippen LogP contribution in [0.5, 0.6) is 0 Å². The van der Waals surface area contributed by atoms with E-state index >= 15 is 0 Å². The molecule has 2 aromatic heterocycles. The van der Waals surface area contributed by atoms with Crippen LogP contribution in [0.15, 0.2) is 37.1 Å². The Labute approximate surface area is 105 Å². The first-order valence-corrected chi connectivity index (χ1v) is 5.84. The third kappa shape index (κ3) is 1.89. The number of benzene rings is 1. The lowest BCUT2D eigenvalue weighted by molar-refractivity contribution is 0.404. The van der Waals surface area contributed by atoms with E-state index in [1.54, 1.807) is 12.7 Å². The van der Waals surface area contributed by atoms with Gasteiger partial charge in [-0.1, -0.05) is 0 Å². The van der Waals surface area contributed by atoms with Crippen LogP contribution in [0.1, 0.15) is 5.56 Å². The largest absolute Gasteiger partial charge is 0.361 e. The fourth-order valence-corrected chi connectivity index (χ4v) is 2.13. The summed E-state index contributed by atoms with van der Waals surface area (Å²) >= 11 is 0. The monoisotopic (exact) mass is 241 g/mol. The highest BCUT2D eigenvalue weighted by Gasteiger charge is 2.06. The van der Waals surface area contributed by atoms with Crippen molar-refractivity contribution in [2.24, 2.45) is 0 Å². The summed E-state index contributed by atoms with van der Waals surface area (Å²) in [6.07, 6.45) is 5.49. The van der Waals surface area contributed by atoms with Crippen LogP contribution in [-0.2, 0) is 6.54 Å². The molecule has 0 unspecified atom stereocenters. The van der Waals surface area contributed by atoms with E-state index in [0.717, 1.165) is 17.7 Å². The van der Waals surface area contributed by atoms with Crippen molar-refractivity contribution in [3.63, 3.8) is 0 Å². The molecule has 0 radical (unpaired) electrons. The van der Waals surface area contributed by atoms with Gasteiger partial charge < -0.3 is 9.88 Å². The Bertz CT molecular complexity index is 651. The molecule has 18 heavy (non-hydrogen) atoms. The van der Waals surface area contributed by atoms with Gasteiger partial charge in [0.1, 0.15) is 12.7 Å². The lowest BCUT2D eigenvalue weighted by atomic mass is 10.1. The smallest absolute Gasteiger partial charge is 0.123 e. The summed E-state index contributed by atoms with van der Waals surface area (Å²) in [5.74, 6) is 0. The average Bonchev–Trinajstić information content (AvgIpc) is 2.98. The highest BCUT2D eigenvalue weighted by molar-refractivity contribution is 5.85. The molecule has 0 saturated carbocycles. The first-order valence-electron chi connectivity index (χ1n) is 5.84. The number of nitrogens with zero attached hydrogens (tertiary/aromatic N) is 4. The predicted octanol–water partition coefficient (Wildman–Crippen LogP) is 1.81. The molecule has 92 valence electrons. The van der Waals surface area contributed by atoms with E-state index in [2.05, 4.69) is 58.6 Å². The molecular formula is C13H15N5. The van der Waals surface area contributed by atoms with Crippen LogP contribution in [0, 0.1) is 0 Å². The van der Waals surface area contributed by atoms with Gasteiger partial charge in [0.25, 0.3) is 0 Å². The van der Waals surface area contributed by atoms with Gasteiger partial charge in [-0.15, -0.1) is 10.2 Å². The van der Waals surface area contributed by atoms with Gasteiger partial charge in [-0.2, -0.15) is 0 Å². The van der Waals surface area contributed by atoms with Crippen molar-refractivity contribution < 1.29 is 0 Å². The quantitative estimate of drug-likeness (QED) is 0.760. The van der Waals surface area contributed by atoms with Crippen LogP contribution in [-0.4, -0.2) is 38.7 Å². The molecule has 0 bridgehead atoms. The van der Waals surface area contributed by atoms with Crippen LogP contribution in [0.3, 0.4) is 0 Å². The standard InChI is InChI=1S/C13H15N5/c1-17(2)7-10-6-14-13-4-3-11(5-12(10)13)18-8-15-16-9-18/h3-6,8-9,14H,7H2,1-2H3. The van der Waals surface area contributed by atoms with Crippen LogP contribution in [0.2, 0.25) is 0 Å². The molecule has 2 heterocycles. The molecule has 1 aromatic carbocycles. The Morgan fingerprint density at radius 1 is 1.22 bits per heavy atom. The Kier molecular flexibility index (Phi) is 2.60. The maximum atomic E-state index is 3.83. The lowest BCUT2D eigenvalue weighted by Crippen LogP contribution is -2.10. The maximum absolute atomic E-state index is 3.83. The Morgan fingerprint density at radius 3 is 2.72 bits per heavy atom. The first-order chi connectivity index (χ1) is 8.74. The van der Waals surface area contributed by atoms with E-state index in [0.29, 0.717) is 0 Å². The molecule has 1 N–H and O–H groups in total. The number of aromatic amines is 1. The summed E-state index contributed by atoms with van der Waals surface area (Å²) in [6, 6.07) is 6.31. The van der Waals surface area contributed by atoms with Gasteiger partial charge in [0.05, 0.1) is 0 Å². The fraction of sp³-hybridized carbons (Fsp3) is 0.231. The Morgan fingerprint density at radius 2 is 2.00 bits per heavy atom. The highest BCUT2D eigenvalue weighted by Crippen LogP contribution is 2.22. The second kappa shape index (κ2) is 4.27. The SMILES string of the molecule is CN(C)Cc1c[nH]c2ccc(-n3cnnc3)cc12. The normalized spacial score (nSPS) is 11.5. The average molecular weight is 241 g/mol. The topological polar surface area (TPSA) is 49.7 Å². The molecule has 0 saturated heterocycles. The van der Waals surface area contributed by atoms with Crippen molar-refractivity contribution in [3.05, 3.63) is 42.6 Å². The summed E-state index contributed by atoms with van der Waals surface area (Å²) < 4.78 is 1.91. The van der Waals surface area contributed by atoms with Gasteiger partial charge in [-0.3, -0.25) is 4.57 Å².